The van der Waals surface area contributed by atoms with Gasteiger partial charge in [0.2, 0.25) is 0 Å². The molecule has 1 heterocycles. The van der Waals surface area contributed by atoms with Gasteiger partial charge < -0.3 is 15.4 Å². The molecular weight excluding hydrogens is 445 g/mol. The molecule has 23 heavy (non-hydrogen) atoms. The summed E-state index contributed by atoms with van der Waals surface area (Å²) < 4.78 is 5.53. The van der Waals surface area contributed by atoms with Crippen LogP contribution in [0.1, 0.15) is 16.5 Å². The zero-order valence-corrected chi connectivity index (χ0v) is 17.0. The number of aliphatic imine (C=N–C) groups is 1. The van der Waals surface area contributed by atoms with E-state index < -0.39 is 0 Å². The van der Waals surface area contributed by atoms with Crippen molar-refractivity contribution in [2.24, 2.45) is 4.99 Å². The molecule has 1 atom stereocenters. The molecule has 0 saturated carbocycles. The van der Waals surface area contributed by atoms with Crippen LogP contribution in [0.15, 0.2) is 46.8 Å². The number of hydrogen-bond acceptors (Lipinski definition) is 3. The molecule has 0 amide bonds. The lowest BCUT2D eigenvalue weighted by Gasteiger charge is -2.18. The number of halogens is 2. The van der Waals surface area contributed by atoms with E-state index in [0.717, 1.165) is 18.1 Å². The van der Waals surface area contributed by atoms with Gasteiger partial charge in [-0.1, -0.05) is 29.8 Å². The average Bonchev–Trinajstić information content (AvgIpc) is 3.04. The molecule has 0 saturated heterocycles. The highest BCUT2D eigenvalue weighted by atomic mass is 127. The van der Waals surface area contributed by atoms with Gasteiger partial charge in [-0.15, -0.1) is 35.3 Å². The fourth-order valence-electron chi connectivity index (χ4n) is 2.04. The molecule has 0 radical (unpaired) electrons. The fraction of sp³-hybridized carbons (Fsp3) is 0.312. The predicted octanol–water partition coefficient (Wildman–Crippen LogP) is 4.07. The summed E-state index contributed by atoms with van der Waals surface area (Å²) in [5.41, 5.74) is 1.04. The number of nitrogens with zero attached hydrogens (tertiary/aromatic N) is 1. The van der Waals surface area contributed by atoms with Crippen molar-refractivity contribution < 1.29 is 4.74 Å². The topological polar surface area (TPSA) is 45.7 Å². The van der Waals surface area contributed by atoms with Gasteiger partial charge in [-0.05, 0) is 29.1 Å². The summed E-state index contributed by atoms with van der Waals surface area (Å²) in [6.07, 6.45) is -0.0843. The minimum Gasteiger partial charge on any atom is -0.375 e. The third-order valence-corrected chi connectivity index (χ3v) is 4.31. The normalized spacial score (nSPS) is 12.4. The molecule has 7 heteroatoms. The molecule has 126 valence electrons. The summed E-state index contributed by atoms with van der Waals surface area (Å²) in [5, 5.41) is 9.33. The Morgan fingerprint density at radius 3 is 2.74 bits per heavy atom. The average molecular weight is 466 g/mol. The zero-order valence-electron chi connectivity index (χ0n) is 13.1. The lowest BCUT2D eigenvalue weighted by atomic mass is 10.1. The second-order valence-corrected chi connectivity index (χ2v) is 6.13. The number of thiophene rings is 1. The summed E-state index contributed by atoms with van der Waals surface area (Å²) >= 11 is 7.75. The van der Waals surface area contributed by atoms with Crippen molar-refractivity contribution in [3.8, 4) is 0 Å². The second-order valence-electron chi connectivity index (χ2n) is 4.67. The van der Waals surface area contributed by atoms with Crippen molar-refractivity contribution in [3.05, 3.63) is 57.2 Å². The van der Waals surface area contributed by atoms with Crippen molar-refractivity contribution in [1.29, 1.82) is 0 Å². The molecule has 2 N–H and O–H groups in total. The Labute approximate surface area is 163 Å². The monoisotopic (exact) mass is 465 g/mol. The number of rotatable bonds is 6. The Hall–Kier alpha value is -0.830. The molecule has 2 aromatic rings. The van der Waals surface area contributed by atoms with Gasteiger partial charge in [0.05, 0.1) is 12.6 Å². The van der Waals surface area contributed by atoms with Crippen molar-refractivity contribution >= 4 is 52.9 Å². The maximum atomic E-state index is 6.03. The van der Waals surface area contributed by atoms with Crippen LogP contribution in [0.3, 0.4) is 0 Å². The van der Waals surface area contributed by atoms with Crippen molar-refractivity contribution in [2.45, 2.75) is 12.6 Å². The van der Waals surface area contributed by atoms with E-state index in [4.69, 9.17) is 16.3 Å². The van der Waals surface area contributed by atoms with Crippen LogP contribution in [0.5, 0.6) is 0 Å². The first-order valence-electron chi connectivity index (χ1n) is 6.98. The van der Waals surface area contributed by atoms with E-state index in [1.807, 2.05) is 30.3 Å². The summed E-state index contributed by atoms with van der Waals surface area (Å²) in [5.74, 6) is 0.748. The Morgan fingerprint density at radius 1 is 1.30 bits per heavy atom. The highest BCUT2D eigenvalue weighted by molar-refractivity contribution is 14.0. The Kier molecular flexibility index (Phi) is 9.54. The third kappa shape index (κ3) is 6.66. The van der Waals surface area contributed by atoms with Crippen LogP contribution < -0.4 is 10.6 Å². The van der Waals surface area contributed by atoms with Crippen molar-refractivity contribution in [2.75, 3.05) is 20.7 Å². The Morgan fingerprint density at radius 2 is 2.13 bits per heavy atom. The van der Waals surface area contributed by atoms with Gasteiger partial charge in [-0.3, -0.25) is 4.99 Å². The smallest absolute Gasteiger partial charge is 0.191 e. The van der Waals surface area contributed by atoms with E-state index in [2.05, 4.69) is 27.1 Å². The van der Waals surface area contributed by atoms with E-state index in [9.17, 15) is 0 Å². The summed E-state index contributed by atoms with van der Waals surface area (Å²) in [6.45, 7) is 1.37. The van der Waals surface area contributed by atoms with E-state index in [-0.39, 0.29) is 30.1 Å². The standard InChI is InChI=1S/C16H20ClN3OS.HI/c1-18-16(19-10-14-7-4-8-22-14)20-11-15(21-2)12-5-3-6-13(17)9-12;/h3-9,15H,10-11H2,1-2H3,(H2,18,19,20);1H. The SMILES string of the molecule is CN=C(NCc1cccs1)NCC(OC)c1cccc(Cl)c1.I. The van der Waals surface area contributed by atoms with Gasteiger partial charge in [0.15, 0.2) is 5.96 Å². The van der Waals surface area contributed by atoms with Gasteiger partial charge >= 0.3 is 0 Å². The molecule has 0 fully saturated rings. The van der Waals surface area contributed by atoms with Crippen LogP contribution in [0.2, 0.25) is 5.02 Å². The molecule has 4 nitrogen and oxygen atoms in total. The number of nitrogens with one attached hydrogen (secondary N) is 2. The lowest BCUT2D eigenvalue weighted by Crippen LogP contribution is -2.39. The third-order valence-electron chi connectivity index (χ3n) is 3.19. The summed E-state index contributed by atoms with van der Waals surface area (Å²) in [4.78, 5) is 5.49. The second kappa shape index (κ2) is 10.9. The first-order valence-corrected chi connectivity index (χ1v) is 8.24. The zero-order chi connectivity index (χ0) is 15.8. The van der Waals surface area contributed by atoms with Crippen molar-refractivity contribution in [3.63, 3.8) is 0 Å². The minimum atomic E-state index is -0.0843. The quantitative estimate of drug-likeness (QED) is 0.384. The largest absolute Gasteiger partial charge is 0.375 e. The molecule has 1 aromatic heterocycles. The highest BCUT2D eigenvalue weighted by Crippen LogP contribution is 2.19. The first-order chi connectivity index (χ1) is 10.7. The van der Waals surface area contributed by atoms with Crippen LogP contribution >= 0.6 is 46.9 Å². The summed E-state index contributed by atoms with van der Waals surface area (Å²) in [7, 11) is 3.44. The van der Waals surface area contributed by atoms with Gasteiger partial charge in [0.25, 0.3) is 0 Å². The van der Waals surface area contributed by atoms with Crippen LogP contribution in [-0.2, 0) is 11.3 Å². The lowest BCUT2D eigenvalue weighted by molar-refractivity contribution is 0.106. The molecule has 0 spiro atoms. The van der Waals surface area contributed by atoms with E-state index in [1.165, 1.54) is 4.88 Å². The number of methoxy groups -OCH3 is 1. The van der Waals surface area contributed by atoms with Crippen LogP contribution in [-0.4, -0.2) is 26.7 Å². The fourth-order valence-corrected chi connectivity index (χ4v) is 2.88. The minimum absolute atomic E-state index is 0. The van der Waals surface area contributed by atoms with Crippen molar-refractivity contribution in [1.82, 2.24) is 10.6 Å². The maximum absolute atomic E-state index is 6.03. The molecule has 1 unspecified atom stereocenters. The Balaban J connectivity index is 0.00000264. The predicted molar refractivity (Wildman–Crippen MR) is 109 cm³/mol. The van der Waals surface area contributed by atoms with Gasteiger partial charge in [-0.25, -0.2) is 0 Å². The van der Waals surface area contributed by atoms with Crippen LogP contribution in [0, 0.1) is 0 Å². The molecule has 2 rings (SSSR count). The van der Waals surface area contributed by atoms with Crippen LogP contribution in [0.4, 0.5) is 0 Å². The van der Waals surface area contributed by atoms with Crippen LogP contribution in [0.25, 0.3) is 0 Å². The van der Waals surface area contributed by atoms with E-state index in [0.29, 0.717) is 11.6 Å². The van der Waals surface area contributed by atoms with E-state index >= 15 is 0 Å². The maximum Gasteiger partial charge on any atom is 0.191 e. The number of hydrogen-bond donors (Lipinski definition) is 2. The highest BCUT2D eigenvalue weighted by Gasteiger charge is 2.11. The molecule has 0 aliphatic heterocycles. The molecule has 0 aliphatic carbocycles. The number of guanidine groups is 1. The molecular formula is C16H21ClIN3OS. The number of benzene rings is 1. The van der Waals surface area contributed by atoms with Gasteiger partial charge in [-0.2, -0.15) is 0 Å². The first kappa shape index (κ1) is 20.2. The van der Waals surface area contributed by atoms with Gasteiger partial charge in [0, 0.05) is 30.6 Å². The molecule has 0 bridgehead atoms. The molecule has 0 aliphatic rings. The number of ether oxygens (including phenoxy) is 1. The van der Waals surface area contributed by atoms with E-state index in [1.54, 1.807) is 25.5 Å². The summed E-state index contributed by atoms with van der Waals surface area (Å²) in [6, 6.07) is 11.8. The molecule has 1 aromatic carbocycles. The Bertz CT molecular complexity index is 607. The van der Waals surface area contributed by atoms with Gasteiger partial charge in [0.1, 0.15) is 0 Å².